The molecule has 1 aliphatic heterocycles. The van der Waals surface area contributed by atoms with Gasteiger partial charge in [0.05, 0.1) is 6.54 Å². The number of nitrogens with one attached hydrogen (secondary N) is 2. The lowest BCUT2D eigenvalue weighted by atomic mass is 9.92. The van der Waals surface area contributed by atoms with E-state index in [0.29, 0.717) is 19.2 Å². The average molecular weight is 349 g/mol. The zero-order chi connectivity index (χ0) is 16.1. The number of hydrogen-bond acceptors (Lipinski definition) is 3. The first-order valence-electron chi connectivity index (χ1n) is 8.35. The molecular weight excluding hydrogens is 324 g/mol. The summed E-state index contributed by atoms with van der Waals surface area (Å²) in [6, 6.07) is 14.6. The van der Waals surface area contributed by atoms with Crippen molar-refractivity contribution in [1.29, 1.82) is 0 Å². The van der Waals surface area contributed by atoms with Crippen LogP contribution >= 0.6 is 12.4 Å². The number of halogens is 1. The van der Waals surface area contributed by atoms with E-state index in [9.17, 15) is 4.79 Å². The molecule has 1 saturated heterocycles. The Morgan fingerprint density at radius 3 is 2.88 bits per heavy atom. The molecule has 5 heteroatoms. The van der Waals surface area contributed by atoms with Gasteiger partial charge in [0.2, 0.25) is 5.91 Å². The van der Waals surface area contributed by atoms with Gasteiger partial charge in [-0.3, -0.25) is 4.79 Å². The van der Waals surface area contributed by atoms with Crippen LogP contribution < -0.4 is 15.4 Å². The van der Waals surface area contributed by atoms with E-state index >= 15 is 0 Å². The van der Waals surface area contributed by atoms with Crippen molar-refractivity contribution in [2.75, 3.05) is 19.7 Å². The highest BCUT2D eigenvalue weighted by molar-refractivity contribution is 5.88. The Balaban J connectivity index is 0.00000208. The molecule has 2 aromatic rings. The lowest BCUT2D eigenvalue weighted by molar-refractivity contribution is -0.126. The predicted octanol–water partition coefficient (Wildman–Crippen LogP) is 3.14. The zero-order valence-corrected chi connectivity index (χ0v) is 14.8. The Morgan fingerprint density at radius 1 is 1.25 bits per heavy atom. The van der Waals surface area contributed by atoms with Gasteiger partial charge in [-0.1, -0.05) is 36.4 Å². The molecule has 2 aromatic carbocycles. The van der Waals surface area contributed by atoms with Crippen LogP contribution in [0.25, 0.3) is 10.8 Å². The summed E-state index contributed by atoms with van der Waals surface area (Å²) in [7, 11) is 0. The molecule has 0 radical (unpaired) electrons. The number of piperidine rings is 1. The molecule has 1 fully saturated rings. The fourth-order valence-electron chi connectivity index (χ4n) is 3.17. The van der Waals surface area contributed by atoms with Crippen LogP contribution in [0.2, 0.25) is 0 Å². The molecule has 1 heterocycles. The maximum Gasteiger partial charge on any atom is 0.223 e. The number of fused-ring (bicyclic) bond motifs is 1. The second kappa shape index (κ2) is 8.90. The van der Waals surface area contributed by atoms with Gasteiger partial charge in [0.1, 0.15) is 12.4 Å². The van der Waals surface area contributed by atoms with Crippen molar-refractivity contribution in [2.45, 2.75) is 25.8 Å². The van der Waals surface area contributed by atoms with E-state index in [1.165, 1.54) is 0 Å². The largest absolute Gasteiger partial charge is 0.491 e. The van der Waals surface area contributed by atoms with Crippen LogP contribution in [-0.2, 0) is 4.79 Å². The van der Waals surface area contributed by atoms with Crippen LogP contribution in [0.1, 0.15) is 19.8 Å². The van der Waals surface area contributed by atoms with Crippen LogP contribution in [0.3, 0.4) is 0 Å². The second-order valence-corrected chi connectivity index (χ2v) is 6.19. The fourth-order valence-corrected chi connectivity index (χ4v) is 3.17. The normalized spacial score (nSPS) is 20.2. The van der Waals surface area contributed by atoms with Crippen molar-refractivity contribution < 1.29 is 9.53 Å². The molecule has 0 aliphatic carbocycles. The van der Waals surface area contributed by atoms with E-state index in [4.69, 9.17) is 4.74 Å². The van der Waals surface area contributed by atoms with Crippen LogP contribution in [0, 0.1) is 5.92 Å². The first-order chi connectivity index (χ1) is 11.2. The van der Waals surface area contributed by atoms with Crippen LogP contribution in [-0.4, -0.2) is 31.6 Å². The minimum Gasteiger partial charge on any atom is -0.491 e. The number of carbonyl (C=O) groups excluding carboxylic acids is 1. The molecule has 0 saturated carbocycles. The van der Waals surface area contributed by atoms with Crippen LogP contribution in [0.4, 0.5) is 0 Å². The molecule has 0 bridgehead atoms. The minimum absolute atomic E-state index is 0. The minimum atomic E-state index is 0. The Kier molecular flexibility index (Phi) is 6.88. The third-order valence-corrected chi connectivity index (χ3v) is 4.40. The molecule has 24 heavy (non-hydrogen) atoms. The number of carbonyl (C=O) groups is 1. The van der Waals surface area contributed by atoms with Crippen molar-refractivity contribution in [3.8, 4) is 5.75 Å². The van der Waals surface area contributed by atoms with Gasteiger partial charge in [0.15, 0.2) is 0 Å². The van der Waals surface area contributed by atoms with Crippen molar-refractivity contribution in [1.82, 2.24) is 10.6 Å². The van der Waals surface area contributed by atoms with Gasteiger partial charge in [0, 0.05) is 17.3 Å². The van der Waals surface area contributed by atoms with E-state index in [1.807, 2.05) is 24.3 Å². The Morgan fingerprint density at radius 2 is 2.04 bits per heavy atom. The quantitative estimate of drug-likeness (QED) is 0.816. The van der Waals surface area contributed by atoms with Crippen LogP contribution in [0.15, 0.2) is 42.5 Å². The third kappa shape index (κ3) is 4.62. The smallest absolute Gasteiger partial charge is 0.223 e. The van der Waals surface area contributed by atoms with Crippen LogP contribution in [0.5, 0.6) is 5.75 Å². The number of hydrogen-bond donors (Lipinski definition) is 2. The highest BCUT2D eigenvalue weighted by Crippen LogP contribution is 2.24. The highest BCUT2D eigenvalue weighted by atomic mass is 35.5. The SMILES string of the molecule is C[C@H]1C[C@@H](C(=O)NCCOc2cccc3ccccc23)CCN1.Cl. The summed E-state index contributed by atoms with van der Waals surface area (Å²) in [5.41, 5.74) is 0. The number of ether oxygens (including phenoxy) is 1. The third-order valence-electron chi connectivity index (χ3n) is 4.40. The van der Waals surface area contributed by atoms with E-state index < -0.39 is 0 Å². The first-order valence-corrected chi connectivity index (χ1v) is 8.35. The second-order valence-electron chi connectivity index (χ2n) is 6.19. The summed E-state index contributed by atoms with van der Waals surface area (Å²) in [4.78, 5) is 12.2. The predicted molar refractivity (Wildman–Crippen MR) is 99.9 cm³/mol. The standard InChI is InChI=1S/C19H24N2O2.ClH/c1-14-13-16(9-10-20-14)19(22)21-11-12-23-18-8-4-6-15-5-2-3-7-17(15)18;/h2-8,14,16,20H,9-13H2,1H3,(H,21,22);1H/t14-,16-;/m0./s1. The molecular formula is C19H25ClN2O2. The number of amides is 1. The lowest BCUT2D eigenvalue weighted by Gasteiger charge is -2.27. The van der Waals surface area contributed by atoms with Gasteiger partial charge < -0.3 is 15.4 Å². The van der Waals surface area contributed by atoms with E-state index in [0.717, 1.165) is 35.9 Å². The average Bonchev–Trinajstić information content (AvgIpc) is 2.58. The first kappa shape index (κ1) is 18.6. The van der Waals surface area contributed by atoms with Gasteiger partial charge in [-0.25, -0.2) is 0 Å². The monoisotopic (exact) mass is 348 g/mol. The number of benzene rings is 2. The summed E-state index contributed by atoms with van der Waals surface area (Å²) in [5, 5.41) is 8.64. The van der Waals surface area contributed by atoms with E-state index in [2.05, 4.69) is 35.8 Å². The van der Waals surface area contributed by atoms with Crippen molar-refractivity contribution >= 4 is 29.1 Å². The summed E-state index contributed by atoms with van der Waals surface area (Å²) >= 11 is 0. The van der Waals surface area contributed by atoms with Crippen molar-refractivity contribution in [2.24, 2.45) is 5.92 Å². The van der Waals surface area contributed by atoms with Gasteiger partial charge in [0.25, 0.3) is 0 Å². The van der Waals surface area contributed by atoms with Gasteiger partial charge >= 0.3 is 0 Å². The van der Waals surface area contributed by atoms with Gasteiger partial charge in [-0.15, -0.1) is 12.4 Å². The molecule has 2 atom stereocenters. The molecule has 1 aliphatic rings. The Bertz CT molecular complexity index is 672. The Labute approximate surface area is 149 Å². The van der Waals surface area contributed by atoms with Crippen molar-refractivity contribution in [3.05, 3.63) is 42.5 Å². The lowest BCUT2D eigenvalue weighted by Crippen LogP contribution is -2.43. The molecule has 0 spiro atoms. The van der Waals surface area contributed by atoms with E-state index in [-0.39, 0.29) is 24.2 Å². The maximum atomic E-state index is 12.2. The summed E-state index contributed by atoms with van der Waals surface area (Å²) in [6.07, 6.45) is 1.83. The van der Waals surface area contributed by atoms with Gasteiger partial charge in [-0.05, 0) is 37.8 Å². The summed E-state index contributed by atoms with van der Waals surface area (Å²) in [5.74, 6) is 1.15. The Hall–Kier alpha value is -1.78. The molecule has 3 rings (SSSR count). The molecule has 4 nitrogen and oxygen atoms in total. The van der Waals surface area contributed by atoms with Gasteiger partial charge in [-0.2, -0.15) is 0 Å². The maximum absolute atomic E-state index is 12.2. The molecule has 130 valence electrons. The fraction of sp³-hybridized carbons (Fsp3) is 0.421. The summed E-state index contributed by atoms with van der Waals surface area (Å²) in [6.45, 7) is 4.08. The zero-order valence-electron chi connectivity index (χ0n) is 14.0. The molecule has 0 aromatic heterocycles. The van der Waals surface area contributed by atoms with Crippen molar-refractivity contribution in [3.63, 3.8) is 0 Å². The highest BCUT2D eigenvalue weighted by Gasteiger charge is 2.24. The number of rotatable bonds is 5. The molecule has 1 amide bonds. The topological polar surface area (TPSA) is 50.4 Å². The molecule has 2 N–H and O–H groups in total. The molecule has 0 unspecified atom stereocenters. The summed E-state index contributed by atoms with van der Waals surface area (Å²) < 4.78 is 5.85. The van der Waals surface area contributed by atoms with E-state index in [1.54, 1.807) is 0 Å².